The Kier molecular flexibility index (Phi) is 36.0. The Balaban J connectivity index is 1.07. The Morgan fingerprint density at radius 2 is 0.568 bits per heavy atom. The first-order chi connectivity index (χ1) is 55.7. The van der Waals surface area contributed by atoms with Crippen molar-refractivity contribution < 1.29 is 243 Å². The van der Waals surface area contributed by atoms with E-state index in [4.69, 9.17) is 85.3 Å². The van der Waals surface area contributed by atoms with E-state index in [-0.39, 0.29) is 0 Å². The molecule has 9 aliphatic rings. The quantitative estimate of drug-likeness (QED) is 0.0290. The third-order valence-electron chi connectivity index (χ3n) is 21.6. The van der Waals surface area contributed by atoms with Gasteiger partial charge in [-0.2, -0.15) is 0 Å². The van der Waals surface area contributed by atoms with Gasteiger partial charge in [0.1, 0.15) is 232 Å². The predicted molar refractivity (Wildman–Crippen MR) is 364 cm³/mol. The molecule has 0 aliphatic carbocycles. The second-order valence-electron chi connectivity index (χ2n) is 30.0. The van der Waals surface area contributed by atoms with Crippen LogP contribution in [0.2, 0.25) is 0 Å². The van der Waals surface area contributed by atoms with E-state index in [0.29, 0.717) is 0 Å². The van der Waals surface area contributed by atoms with Crippen LogP contribution in [0.3, 0.4) is 0 Å². The van der Waals surface area contributed by atoms with E-state index in [1.54, 1.807) is 0 Å². The third kappa shape index (κ3) is 21.8. The average Bonchev–Trinajstić information content (AvgIpc) is 0.763. The number of carbonyl (C=O) groups excluding carboxylic acids is 3. The van der Waals surface area contributed by atoms with Crippen LogP contribution in [0.15, 0.2) is 0 Å². The summed E-state index contributed by atoms with van der Waals surface area (Å²) in [5.74, 6) is -3.00. The van der Waals surface area contributed by atoms with Crippen molar-refractivity contribution in [1.29, 1.82) is 0 Å². The maximum atomic E-state index is 13.7. The second-order valence-corrected chi connectivity index (χ2v) is 30.0. The highest BCUT2D eigenvalue weighted by Crippen LogP contribution is 2.41. The molecule has 9 heterocycles. The molecule has 118 heavy (non-hydrogen) atoms. The van der Waals surface area contributed by atoms with Crippen molar-refractivity contribution in [2.75, 3.05) is 59.5 Å². The number of carbonyl (C=O) groups is 3. The van der Waals surface area contributed by atoms with Crippen LogP contribution in [0.25, 0.3) is 0 Å². The molecule has 0 aromatic carbocycles. The Labute approximate surface area is 669 Å². The topological polar surface area (TPSA) is 820 Å². The van der Waals surface area contributed by atoms with E-state index in [1.807, 2.05) is 0 Å². The first kappa shape index (κ1) is 98.4. The number of amides is 3. The summed E-state index contributed by atoms with van der Waals surface area (Å²) >= 11 is 0. The van der Waals surface area contributed by atoms with Gasteiger partial charge in [0.05, 0.1) is 71.7 Å². The van der Waals surface area contributed by atoms with Gasteiger partial charge in [-0.25, -0.2) is 0 Å². The van der Waals surface area contributed by atoms with Gasteiger partial charge >= 0.3 is 0 Å². The maximum Gasteiger partial charge on any atom is 0.217 e. The Morgan fingerprint density at radius 3 is 0.958 bits per heavy atom. The van der Waals surface area contributed by atoms with Gasteiger partial charge in [0, 0.05) is 20.8 Å². The number of hydrogen-bond acceptors (Lipinski definition) is 49. The summed E-state index contributed by atoms with van der Waals surface area (Å²) in [4.78, 5) is 40.1. The highest BCUT2D eigenvalue weighted by Gasteiger charge is 2.62. The summed E-state index contributed by atoms with van der Waals surface area (Å²) in [6.07, 6.45) is -96.6. The fraction of sp³-hybridized carbons (Fsp3) is 0.955. The smallest absolute Gasteiger partial charge is 0.217 e. The van der Waals surface area contributed by atoms with Gasteiger partial charge in [0.25, 0.3) is 0 Å². The monoisotopic (exact) mass is 1730 g/mol. The summed E-state index contributed by atoms with van der Waals surface area (Å²) in [5, 5.41) is 316. The van der Waals surface area contributed by atoms with Crippen molar-refractivity contribution in [2.45, 2.75) is 335 Å². The van der Waals surface area contributed by atoms with Crippen molar-refractivity contribution >= 4 is 17.7 Å². The van der Waals surface area contributed by atoms with E-state index >= 15 is 0 Å². The van der Waals surface area contributed by atoms with Crippen molar-refractivity contribution in [1.82, 2.24) is 16.0 Å². The number of aliphatic hydroxyl groups excluding tert-OH is 28. The van der Waals surface area contributed by atoms with E-state index in [1.165, 1.54) is 13.8 Å². The lowest BCUT2D eigenvalue weighted by atomic mass is 9.93. The standard InChI is InChI=1S/C66H113N3O49/c1-15-32(83)40(91)44(95)61(102-15)115-54-30(68-18(4)79)58(101-14-28-39(90)57(49(100)66(110-28)111-50(21(82)7-71)34(85)20(81)6-70)118-59-29(67-17(3)78)53(37(88)24(10-74)104-59)114-64-47(98)43(94)36(87)23(9-73)106-64)108-26(12-76)51(54)113-65-48(99)56(38(89)25(11-75)107-65)117-60-31(69-19(5)80)55(116-62-45(96)41(92)33(84)16(2)103-62)52(27(13-77)109-60)112-63-46(97)42(93)35(86)22(8-72)105-63/h15-16,20-66,70-77,81-100H,6-14H2,1-5H3,(H,67,78)(H,68,79)(H,69,80)/t15-,16-,20-,21+,22+,23+,24+,25+,26+,27+,28+,29+,30+,31+,32+,33+,34+,35-,36-,37+,38-,39-,40+,41+,42-,43-,44-,45-,46+,47+,48+,49+,50+,51+,52+,53+,54+,55+,56-,57-,58+,59-,60-,61-,62-,63-,64-,65-,66-/m0/s1. The highest BCUT2D eigenvalue weighted by molar-refractivity contribution is 5.74. The van der Waals surface area contributed by atoms with Crippen molar-refractivity contribution in [3.05, 3.63) is 0 Å². The lowest BCUT2D eigenvalue weighted by Crippen LogP contribution is -2.72. The van der Waals surface area contributed by atoms with Gasteiger partial charge in [0.15, 0.2) is 56.6 Å². The van der Waals surface area contributed by atoms with Gasteiger partial charge in [-0.3, -0.25) is 14.4 Å². The third-order valence-corrected chi connectivity index (χ3v) is 21.6. The lowest BCUT2D eigenvalue weighted by Gasteiger charge is -2.52. The van der Waals surface area contributed by atoms with E-state index in [9.17, 15) is 157 Å². The van der Waals surface area contributed by atoms with Crippen molar-refractivity contribution in [3.8, 4) is 0 Å². The van der Waals surface area contributed by atoms with Crippen LogP contribution in [0, 0.1) is 0 Å². The summed E-state index contributed by atoms with van der Waals surface area (Å²) in [7, 11) is 0. The number of rotatable bonds is 33. The maximum absolute atomic E-state index is 13.7. The molecule has 0 saturated carbocycles. The van der Waals surface area contributed by atoms with Crippen LogP contribution in [0.5, 0.6) is 0 Å². The summed E-state index contributed by atoms with van der Waals surface area (Å²) in [6, 6.07) is -5.99. The van der Waals surface area contributed by atoms with Crippen LogP contribution in [0.4, 0.5) is 0 Å². The molecule has 0 radical (unpaired) electrons. The van der Waals surface area contributed by atoms with Gasteiger partial charge in [-0.1, -0.05) is 0 Å². The normalized spacial score (nSPS) is 48.2. The minimum absolute atomic E-state index is 0.903. The first-order valence-electron chi connectivity index (χ1n) is 37.8. The Morgan fingerprint density at radius 1 is 0.288 bits per heavy atom. The minimum atomic E-state index is -2.52. The molecule has 52 nitrogen and oxygen atoms in total. The minimum Gasteiger partial charge on any atom is -0.394 e. The van der Waals surface area contributed by atoms with Crippen LogP contribution in [0.1, 0.15) is 34.6 Å². The number of hydrogen-bond donors (Lipinski definition) is 31. The van der Waals surface area contributed by atoms with Crippen LogP contribution in [-0.2, 0) is 99.6 Å². The molecule has 0 unspecified atom stereocenters. The average molecular weight is 1730 g/mol. The fourth-order valence-corrected chi connectivity index (χ4v) is 15.0. The lowest BCUT2D eigenvalue weighted by molar-refractivity contribution is -0.395. The number of ether oxygens (including phenoxy) is 18. The first-order valence-corrected chi connectivity index (χ1v) is 37.8. The fourth-order valence-electron chi connectivity index (χ4n) is 15.0. The SMILES string of the molecule is CC(=O)N[C@H]1[C@H](O[C@H]2[C@@H](O)[C@@H](CO)O[C@@H](O[C@H]3[C@H](O[C@@H]4O[C@@H](C)[C@@H](O)[C@@H](O)[C@@H]4O)[C@@H](NC(C)=O)[C@H](OC[C@H]4O[C@@H](O[C@@H]([C@H](O)[C@@H](O)CO)[C@H](O)CO)[C@H](O)[C@@H](O[C@@H]5O[C@H](CO)[C@@H](O)[C@H](O[C@@H]6O[C@H](CO)[C@H](O)[C@H](O)[C@H]6O)[C@H]5NC(C)=O)[C@H]4O)O[C@@H]3CO)[C@@H]2O)O[C@H](CO)[C@@H](O[C@@H]2O[C@H](CO)[C@H](O)[C@H](O)[C@H]2O)[C@@H]1O[C@@H]1O[C@@H](C)[C@@H](O)[C@@H](O)[C@@H]1O. The zero-order chi connectivity index (χ0) is 87.2. The van der Waals surface area contributed by atoms with Gasteiger partial charge in [0.2, 0.25) is 17.7 Å². The predicted octanol–water partition coefficient (Wildman–Crippen LogP) is -20.7. The number of aliphatic hydroxyl groups is 28. The molecule has 0 aromatic heterocycles. The van der Waals surface area contributed by atoms with Gasteiger partial charge in [-0.05, 0) is 13.8 Å². The van der Waals surface area contributed by atoms with E-state index in [2.05, 4.69) is 16.0 Å². The number of nitrogens with one attached hydrogen (secondary N) is 3. The molecule has 31 N–H and O–H groups in total. The zero-order valence-electron chi connectivity index (χ0n) is 63.7. The van der Waals surface area contributed by atoms with Crippen LogP contribution < -0.4 is 16.0 Å². The highest BCUT2D eigenvalue weighted by atomic mass is 16.8. The molecule has 9 rings (SSSR count). The molecule has 9 fully saturated rings. The molecule has 3 amide bonds. The summed E-state index contributed by atoms with van der Waals surface area (Å²) in [6.45, 7) is -5.36. The molecule has 52 heteroatoms. The van der Waals surface area contributed by atoms with E-state index in [0.717, 1.165) is 20.8 Å². The molecule has 0 bridgehead atoms. The second kappa shape index (κ2) is 43.2. The Bertz CT molecular complexity index is 3080. The van der Waals surface area contributed by atoms with E-state index < -0.39 is 378 Å². The van der Waals surface area contributed by atoms with Gasteiger partial charge < -0.3 is 244 Å². The Hall–Kier alpha value is -3.43. The van der Waals surface area contributed by atoms with Crippen LogP contribution >= 0.6 is 0 Å². The van der Waals surface area contributed by atoms with Crippen molar-refractivity contribution in [2.24, 2.45) is 0 Å². The van der Waals surface area contributed by atoms with Crippen molar-refractivity contribution in [3.63, 3.8) is 0 Å². The molecule has 9 saturated heterocycles. The molecule has 0 spiro atoms. The molecule has 686 valence electrons. The molecule has 0 aromatic rings. The largest absolute Gasteiger partial charge is 0.394 e. The van der Waals surface area contributed by atoms with Crippen LogP contribution in [-0.4, -0.2) is 521 Å². The summed E-state index contributed by atoms with van der Waals surface area (Å²) < 4.78 is 108. The summed E-state index contributed by atoms with van der Waals surface area (Å²) in [5.41, 5.74) is 0. The molecule has 9 aliphatic heterocycles. The molecular weight excluding hydrogens is 1620 g/mol. The zero-order valence-corrected chi connectivity index (χ0v) is 63.7. The van der Waals surface area contributed by atoms with Gasteiger partial charge in [-0.15, -0.1) is 0 Å². The molecular formula is C66H113N3O49. The molecule has 49 atom stereocenters.